The Labute approximate surface area is 86.8 Å². The van der Waals surface area contributed by atoms with Crippen molar-refractivity contribution in [2.45, 2.75) is 58.4 Å². The highest BCUT2D eigenvalue weighted by Crippen LogP contribution is 2.17. The molecule has 0 aromatic heterocycles. The van der Waals surface area contributed by atoms with Crippen LogP contribution in [0.3, 0.4) is 0 Å². The van der Waals surface area contributed by atoms with Gasteiger partial charge in [-0.1, -0.05) is 31.3 Å². The molecule has 1 aliphatic carbocycles. The molecule has 1 rings (SSSR count). The second kappa shape index (κ2) is 5.84. The van der Waals surface area contributed by atoms with E-state index in [9.17, 15) is 4.79 Å². The SMILES string of the molecule is CC(C)=CC(=O)NC1CCCCCC1. The minimum atomic E-state index is 0.0805. The summed E-state index contributed by atoms with van der Waals surface area (Å²) < 4.78 is 0. The molecule has 0 spiro atoms. The number of rotatable bonds is 2. The van der Waals surface area contributed by atoms with Crippen LogP contribution in [0.15, 0.2) is 11.6 Å². The number of carbonyl (C=O) groups is 1. The molecule has 1 N–H and O–H groups in total. The van der Waals surface area contributed by atoms with Crippen LogP contribution in [0, 0.1) is 0 Å². The van der Waals surface area contributed by atoms with Crippen molar-refractivity contribution in [3.05, 3.63) is 11.6 Å². The van der Waals surface area contributed by atoms with Gasteiger partial charge < -0.3 is 5.32 Å². The Balaban J connectivity index is 2.34. The number of amides is 1. The number of hydrogen-bond acceptors (Lipinski definition) is 1. The fourth-order valence-electron chi connectivity index (χ4n) is 1.93. The molecule has 0 heterocycles. The van der Waals surface area contributed by atoms with Gasteiger partial charge in [-0.15, -0.1) is 0 Å². The summed E-state index contributed by atoms with van der Waals surface area (Å²) in [5.74, 6) is 0.0805. The largest absolute Gasteiger partial charge is 0.350 e. The summed E-state index contributed by atoms with van der Waals surface area (Å²) in [6, 6.07) is 0.417. The van der Waals surface area contributed by atoms with Crippen molar-refractivity contribution in [3.8, 4) is 0 Å². The Morgan fingerprint density at radius 3 is 2.21 bits per heavy atom. The third-order valence-electron chi connectivity index (χ3n) is 2.62. The molecule has 2 nitrogen and oxygen atoms in total. The van der Waals surface area contributed by atoms with E-state index >= 15 is 0 Å². The molecule has 0 aromatic carbocycles. The van der Waals surface area contributed by atoms with E-state index in [1.165, 1.54) is 25.7 Å². The number of carbonyl (C=O) groups excluding carboxylic acids is 1. The van der Waals surface area contributed by atoms with Crippen molar-refractivity contribution in [3.63, 3.8) is 0 Å². The highest BCUT2D eigenvalue weighted by Gasteiger charge is 2.12. The highest BCUT2D eigenvalue weighted by molar-refractivity contribution is 5.88. The molecule has 0 atom stereocenters. The molecule has 0 bridgehead atoms. The Bertz CT molecular complexity index is 208. The van der Waals surface area contributed by atoms with Gasteiger partial charge in [-0.3, -0.25) is 4.79 Å². The Morgan fingerprint density at radius 2 is 1.71 bits per heavy atom. The zero-order valence-corrected chi connectivity index (χ0v) is 9.31. The normalized spacial score (nSPS) is 18.4. The van der Waals surface area contributed by atoms with Gasteiger partial charge in [-0.25, -0.2) is 0 Å². The summed E-state index contributed by atoms with van der Waals surface area (Å²) in [4.78, 5) is 11.4. The Kier molecular flexibility index (Phi) is 4.71. The van der Waals surface area contributed by atoms with E-state index in [2.05, 4.69) is 5.32 Å². The second-order valence-corrected chi connectivity index (χ2v) is 4.42. The summed E-state index contributed by atoms with van der Waals surface area (Å²) in [5, 5.41) is 3.07. The van der Waals surface area contributed by atoms with Crippen molar-refractivity contribution in [2.24, 2.45) is 0 Å². The van der Waals surface area contributed by atoms with Gasteiger partial charge in [-0.2, -0.15) is 0 Å². The lowest BCUT2D eigenvalue weighted by Gasteiger charge is -2.14. The fraction of sp³-hybridized carbons (Fsp3) is 0.750. The monoisotopic (exact) mass is 195 g/mol. The van der Waals surface area contributed by atoms with Crippen LogP contribution in [-0.4, -0.2) is 11.9 Å². The maximum atomic E-state index is 11.4. The van der Waals surface area contributed by atoms with Gasteiger partial charge in [0.25, 0.3) is 0 Å². The van der Waals surface area contributed by atoms with Gasteiger partial charge in [0.05, 0.1) is 0 Å². The van der Waals surface area contributed by atoms with E-state index in [-0.39, 0.29) is 5.91 Å². The summed E-state index contributed by atoms with van der Waals surface area (Å²) in [6.07, 6.45) is 9.18. The van der Waals surface area contributed by atoms with Crippen LogP contribution in [-0.2, 0) is 4.79 Å². The molecule has 80 valence electrons. The van der Waals surface area contributed by atoms with E-state index in [0.29, 0.717) is 6.04 Å². The van der Waals surface area contributed by atoms with E-state index in [0.717, 1.165) is 18.4 Å². The first-order valence-electron chi connectivity index (χ1n) is 5.64. The maximum Gasteiger partial charge on any atom is 0.244 e. The quantitative estimate of drug-likeness (QED) is 0.533. The van der Waals surface area contributed by atoms with Crippen molar-refractivity contribution in [2.75, 3.05) is 0 Å². The topological polar surface area (TPSA) is 29.1 Å². The third-order valence-corrected chi connectivity index (χ3v) is 2.62. The van der Waals surface area contributed by atoms with Gasteiger partial charge in [-0.05, 0) is 26.7 Å². The van der Waals surface area contributed by atoms with E-state index in [1.807, 2.05) is 13.8 Å². The predicted octanol–water partition coefficient (Wildman–Crippen LogP) is 2.79. The van der Waals surface area contributed by atoms with Gasteiger partial charge in [0.1, 0.15) is 0 Å². The minimum absolute atomic E-state index is 0.0805. The van der Waals surface area contributed by atoms with E-state index in [1.54, 1.807) is 6.08 Å². The molecule has 14 heavy (non-hydrogen) atoms. The summed E-state index contributed by atoms with van der Waals surface area (Å²) in [5.41, 5.74) is 1.07. The third kappa shape index (κ3) is 4.45. The van der Waals surface area contributed by atoms with Gasteiger partial charge in [0.2, 0.25) is 5.91 Å². The molecule has 1 amide bonds. The Morgan fingerprint density at radius 1 is 1.14 bits per heavy atom. The summed E-state index contributed by atoms with van der Waals surface area (Å²) >= 11 is 0. The van der Waals surface area contributed by atoms with Gasteiger partial charge >= 0.3 is 0 Å². The molecule has 0 aliphatic heterocycles. The molecular weight excluding hydrogens is 174 g/mol. The van der Waals surface area contributed by atoms with Crippen molar-refractivity contribution in [1.29, 1.82) is 0 Å². The van der Waals surface area contributed by atoms with Gasteiger partial charge in [0, 0.05) is 12.1 Å². The zero-order chi connectivity index (χ0) is 10.4. The maximum absolute atomic E-state index is 11.4. The van der Waals surface area contributed by atoms with Crippen LogP contribution in [0.2, 0.25) is 0 Å². The molecule has 1 aliphatic rings. The fourth-order valence-corrected chi connectivity index (χ4v) is 1.93. The summed E-state index contributed by atoms with van der Waals surface area (Å²) in [7, 11) is 0. The average Bonchev–Trinajstić information content (AvgIpc) is 2.31. The van der Waals surface area contributed by atoms with E-state index < -0.39 is 0 Å². The zero-order valence-electron chi connectivity index (χ0n) is 9.31. The molecule has 2 heteroatoms. The number of hydrogen-bond donors (Lipinski definition) is 1. The van der Waals surface area contributed by atoms with Crippen LogP contribution in [0.25, 0.3) is 0 Å². The first-order chi connectivity index (χ1) is 6.68. The molecule has 0 aromatic rings. The average molecular weight is 195 g/mol. The van der Waals surface area contributed by atoms with Crippen LogP contribution in [0.1, 0.15) is 52.4 Å². The smallest absolute Gasteiger partial charge is 0.244 e. The standard InChI is InChI=1S/C12H21NO/c1-10(2)9-12(14)13-11-7-5-3-4-6-8-11/h9,11H,3-8H2,1-2H3,(H,13,14). The minimum Gasteiger partial charge on any atom is -0.350 e. The van der Waals surface area contributed by atoms with Gasteiger partial charge in [0.15, 0.2) is 0 Å². The van der Waals surface area contributed by atoms with Crippen LogP contribution < -0.4 is 5.32 Å². The van der Waals surface area contributed by atoms with Crippen molar-refractivity contribution < 1.29 is 4.79 Å². The molecule has 0 radical (unpaired) electrons. The molecule has 0 unspecified atom stereocenters. The Hall–Kier alpha value is -0.790. The molecule has 1 saturated carbocycles. The lowest BCUT2D eigenvalue weighted by atomic mass is 10.1. The number of nitrogens with one attached hydrogen (secondary N) is 1. The molecule has 1 fully saturated rings. The lowest BCUT2D eigenvalue weighted by molar-refractivity contribution is -0.117. The highest BCUT2D eigenvalue weighted by atomic mass is 16.1. The molecular formula is C12H21NO. The van der Waals surface area contributed by atoms with Crippen LogP contribution in [0.4, 0.5) is 0 Å². The first kappa shape index (κ1) is 11.3. The van der Waals surface area contributed by atoms with Crippen LogP contribution in [0.5, 0.6) is 0 Å². The summed E-state index contributed by atoms with van der Waals surface area (Å²) in [6.45, 7) is 3.90. The molecule has 0 saturated heterocycles. The lowest BCUT2D eigenvalue weighted by Crippen LogP contribution is -2.33. The number of allylic oxidation sites excluding steroid dienone is 1. The van der Waals surface area contributed by atoms with Crippen LogP contribution >= 0.6 is 0 Å². The van der Waals surface area contributed by atoms with Crippen molar-refractivity contribution >= 4 is 5.91 Å². The first-order valence-corrected chi connectivity index (χ1v) is 5.64. The van der Waals surface area contributed by atoms with Crippen molar-refractivity contribution in [1.82, 2.24) is 5.32 Å². The predicted molar refractivity (Wildman–Crippen MR) is 59.1 cm³/mol. The van der Waals surface area contributed by atoms with E-state index in [4.69, 9.17) is 0 Å². The second-order valence-electron chi connectivity index (χ2n) is 4.42.